The number of hydrogen-bond acceptors (Lipinski definition) is 4. The van der Waals surface area contributed by atoms with Crippen LogP contribution >= 0.6 is 0 Å². The van der Waals surface area contributed by atoms with Gasteiger partial charge in [-0.05, 0) is 17.4 Å². The zero-order valence-corrected chi connectivity index (χ0v) is 8.88. The Morgan fingerprint density at radius 3 is 2.80 bits per heavy atom. The van der Waals surface area contributed by atoms with Crippen molar-refractivity contribution < 1.29 is 4.74 Å². The molecule has 1 saturated heterocycles. The quantitative estimate of drug-likeness (QED) is 0.702. The maximum atomic E-state index is 11.7. The SMILES string of the molecule is C/C=C\n1nnn(CC2(C)COC2)c1=O. The molecule has 1 aliphatic rings. The van der Waals surface area contributed by atoms with Crippen molar-refractivity contribution >= 4 is 6.20 Å². The van der Waals surface area contributed by atoms with Crippen molar-refractivity contribution in [1.29, 1.82) is 0 Å². The van der Waals surface area contributed by atoms with E-state index in [1.165, 1.54) is 9.36 Å². The summed E-state index contributed by atoms with van der Waals surface area (Å²) < 4.78 is 7.72. The summed E-state index contributed by atoms with van der Waals surface area (Å²) in [6.45, 7) is 5.80. The highest BCUT2D eigenvalue weighted by molar-refractivity contribution is 5.16. The predicted molar refractivity (Wildman–Crippen MR) is 54.2 cm³/mol. The molecule has 0 bridgehead atoms. The van der Waals surface area contributed by atoms with Gasteiger partial charge in [-0.3, -0.25) is 0 Å². The van der Waals surface area contributed by atoms with Crippen LogP contribution in [0.1, 0.15) is 13.8 Å². The Labute approximate surface area is 87.1 Å². The van der Waals surface area contributed by atoms with Gasteiger partial charge in [-0.15, -0.1) is 0 Å². The summed E-state index contributed by atoms with van der Waals surface area (Å²) in [4.78, 5) is 11.7. The average molecular weight is 210 g/mol. The van der Waals surface area contributed by atoms with Gasteiger partial charge in [0.15, 0.2) is 0 Å². The van der Waals surface area contributed by atoms with E-state index < -0.39 is 0 Å². The Hall–Kier alpha value is -1.43. The molecule has 1 aliphatic heterocycles. The minimum Gasteiger partial charge on any atom is -0.380 e. The van der Waals surface area contributed by atoms with Gasteiger partial charge >= 0.3 is 5.69 Å². The number of nitrogens with zero attached hydrogens (tertiary/aromatic N) is 4. The Bertz CT molecular complexity index is 428. The normalized spacial score (nSPS) is 19.3. The number of rotatable bonds is 3. The molecule has 1 aromatic heterocycles. The molecule has 82 valence electrons. The zero-order chi connectivity index (χ0) is 10.9. The van der Waals surface area contributed by atoms with Crippen molar-refractivity contribution in [3.63, 3.8) is 0 Å². The number of aromatic nitrogens is 4. The molecule has 6 nitrogen and oxygen atoms in total. The van der Waals surface area contributed by atoms with E-state index in [0.717, 1.165) is 0 Å². The molecule has 0 aliphatic carbocycles. The summed E-state index contributed by atoms with van der Waals surface area (Å²) >= 11 is 0. The van der Waals surface area contributed by atoms with Gasteiger partial charge in [0.05, 0.1) is 19.8 Å². The van der Waals surface area contributed by atoms with Crippen molar-refractivity contribution in [2.45, 2.75) is 20.4 Å². The maximum Gasteiger partial charge on any atom is 0.367 e. The molecule has 15 heavy (non-hydrogen) atoms. The number of allylic oxidation sites excluding steroid dienone is 1. The number of hydrogen-bond donors (Lipinski definition) is 0. The Morgan fingerprint density at radius 1 is 1.53 bits per heavy atom. The summed E-state index contributed by atoms with van der Waals surface area (Å²) in [7, 11) is 0. The molecule has 0 spiro atoms. The lowest BCUT2D eigenvalue weighted by Gasteiger charge is -2.37. The first-order chi connectivity index (χ1) is 7.14. The number of ether oxygens (including phenoxy) is 1. The van der Waals surface area contributed by atoms with Crippen LogP contribution in [0.3, 0.4) is 0 Å². The van der Waals surface area contributed by atoms with Gasteiger partial charge in [0.25, 0.3) is 0 Å². The first-order valence-corrected chi connectivity index (χ1v) is 4.87. The molecule has 0 radical (unpaired) electrons. The smallest absolute Gasteiger partial charge is 0.367 e. The Kier molecular flexibility index (Phi) is 2.44. The summed E-state index contributed by atoms with van der Waals surface area (Å²) in [5, 5.41) is 7.55. The van der Waals surface area contributed by atoms with E-state index in [2.05, 4.69) is 17.4 Å². The lowest BCUT2D eigenvalue weighted by Crippen LogP contribution is -2.45. The van der Waals surface area contributed by atoms with E-state index in [0.29, 0.717) is 19.8 Å². The highest BCUT2D eigenvalue weighted by Gasteiger charge is 2.34. The van der Waals surface area contributed by atoms with Crippen molar-refractivity contribution in [3.05, 3.63) is 16.6 Å². The Balaban J connectivity index is 2.19. The van der Waals surface area contributed by atoms with Crippen LogP contribution in [0.25, 0.3) is 6.20 Å². The minimum absolute atomic E-state index is 0.0284. The molecule has 0 N–H and O–H groups in total. The van der Waals surface area contributed by atoms with E-state index in [1.807, 2.05) is 6.92 Å². The van der Waals surface area contributed by atoms with Crippen molar-refractivity contribution in [2.75, 3.05) is 13.2 Å². The van der Waals surface area contributed by atoms with E-state index >= 15 is 0 Å². The second-order valence-corrected chi connectivity index (χ2v) is 4.15. The molecule has 0 aromatic carbocycles. The number of tetrazole rings is 1. The predicted octanol–water partition coefficient (Wildman–Crippen LogP) is -0.0331. The van der Waals surface area contributed by atoms with Crippen LogP contribution in [0, 0.1) is 5.41 Å². The Morgan fingerprint density at radius 2 is 2.27 bits per heavy atom. The van der Waals surface area contributed by atoms with E-state index in [1.54, 1.807) is 12.3 Å². The molecule has 1 fully saturated rings. The van der Waals surface area contributed by atoms with Gasteiger partial charge in [0.2, 0.25) is 0 Å². The highest BCUT2D eigenvalue weighted by atomic mass is 16.5. The standard InChI is InChI=1S/C9H14N4O2/c1-3-4-12-8(14)13(11-10-12)5-9(2)6-15-7-9/h3-4H,5-7H2,1-2H3/b4-3-. The van der Waals surface area contributed by atoms with Crippen LogP contribution in [0.5, 0.6) is 0 Å². The molecular weight excluding hydrogens is 196 g/mol. The third-order valence-electron chi connectivity index (χ3n) is 2.38. The average Bonchev–Trinajstić information content (AvgIpc) is 2.48. The van der Waals surface area contributed by atoms with Crippen molar-refractivity contribution in [2.24, 2.45) is 5.41 Å². The van der Waals surface area contributed by atoms with E-state index in [9.17, 15) is 4.79 Å². The van der Waals surface area contributed by atoms with Gasteiger partial charge in [-0.2, -0.15) is 9.36 Å². The minimum atomic E-state index is -0.207. The largest absolute Gasteiger partial charge is 0.380 e. The summed E-state index contributed by atoms with van der Waals surface area (Å²) in [6, 6.07) is 0. The molecule has 6 heteroatoms. The third kappa shape index (κ3) is 1.85. The van der Waals surface area contributed by atoms with Crippen molar-refractivity contribution in [1.82, 2.24) is 19.8 Å². The maximum absolute atomic E-state index is 11.7. The second-order valence-electron chi connectivity index (χ2n) is 4.15. The molecule has 2 heterocycles. The van der Waals surface area contributed by atoms with Crippen LogP contribution in [-0.2, 0) is 11.3 Å². The van der Waals surface area contributed by atoms with Crippen LogP contribution in [-0.4, -0.2) is 33.0 Å². The fourth-order valence-corrected chi connectivity index (χ4v) is 1.52. The topological polar surface area (TPSA) is 61.9 Å². The third-order valence-corrected chi connectivity index (χ3v) is 2.38. The lowest BCUT2D eigenvalue weighted by molar-refractivity contribution is -0.112. The molecule has 1 aromatic rings. The molecule has 0 atom stereocenters. The lowest BCUT2D eigenvalue weighted by atomic mass is 9.89. The molecule has 0 unspecified atom stereocenters. The monoisotopic (exact) mass is 210 g/mol. The highest BCUT2D eigenvalue weighted by Crippen LogP contribution is 2.27. The van der Waals surface area contributed by atoms with Gasteiger partial charge in [-0.1, -0.05) is 13.0 Å². The van der Waals surface area contributed by atoms with Gasteiger partial charge in [0.1, 0.15) is 0 Å². The van der Waals surface area contributed by atoms with Crippen LogP contribution in [0.4, 0.5) is 0 Å². The zero-order valence-electron chi connectivity index (χ0n) is 8.88. The fourth-order valence-electron chi connectivity index (χ4n) is 1.52. The van der Waals surface area contributed by atoms with Crippen LogP contribution in [0.2, 0.25) is 0 Å². The first kappa shape index (κ1) is 10.1. The van der Waals surface area contributed by atoms with Gasteiger partial charge in [-0.25, -0.2) is 4.79 Å². The summed E-state index contributed by atoms with van der Waals surface area (Å²) in [5.41, 5.74) is -0.179. The molecule has 0 saturated carbocycles. The van der Waals surface area contributed by atoms with Crippen molar-refractivity contribution in [3.8, 4) is 0 Å². The van der Waals surface area contributed by atoms with Crippen LogP contribution < -0.4 is 5.69 Å². The molecule has 0 amide bonds. The fraction of sp³-hybridized carbons (Fsp3) is 0.667. The first-order valence-electron chi connectivity index (χ1n) is 4.87. The molecule has 2 rings (SSSR count). The van der Waals surface area contributed by atoms with Crippen LogP contribution in [0.15, 0.2) is 10.9 Å². The van der Waals surface area contributed by atoms with Gasteiger partial charge in [0, 0.05) is 11.6 Å². The van der Waals surface area contributed by atoms with E-state index in [-0.39, 0.29) is 11.1 Å². The molecular formula is C9H14N4O2. The van der Waals surface area contributed by atoms with E-state index in [4.69, 9.17) is 4.74 Å². The summed E-state index contributed by atoms with van der Waals surface area (Å²) in [6.07, 6.45) is 3.33. The second kappa shape index (κ2) is 3.62. The summed E-state index contributed by atoms with van der Waals surface area (Å²) in [5.74, 6) is 0. The van der Waals surface area contributed by atoms with Gasteiger partial charge < -0.3 is 4.74 Å².